The fourth-order valence-corrected chi connectivity index (χ4v) is 3.14. The second kappa shape index (κ2) is 5.58. The SMILES string of the molecule is CCc1nnc2ccc(S(=O)(=O)Nc3ccc(F)c(F)c3)cn12. The quantitative estimate of drug-likeness (QED) is 0.792. The Hall–Kier alpha value is -2.55. The molecule has 0 spiro atoms. The van der Waals surface area contributed by atoms with Gasteiger partial charge >= 0.3 is 0 Å². The number of anilines is 1. The number of hydrogen-bond acceptors (Lipinski definition) is 4. The topological polar surface area (TPSA) is 76.4 Å². The largest absolute Gasteiger partial charge is 0.285 e. The number of hydrogen-bond donors (Lipinski definition) is 1. The number of pyridine rings is 1. The molecule has 23 heavy (non-hydrogen) atoms. The van der Waals surface area contributed by atoms with Crippen LogP contribution in [0.2, 0.25) is 0 Å². The lowest BCUT2D eigenvalue weighted by Crippen LogP contribution is -2.14. The molecular formula is C14H12F2N4O2S. The van der Waals surface area contributed by atoms with Crippen LogP contribution in [-0.4, -0.2) is 23.0 Å². The van der Waals surface area contributed by atoms with E-state index in [0.29, 0.717) is 17.9 Å². The van der Waals surface area contributed by atoms with E-state index in [9.17, 15) is 17.2 Å². The predicted octanol–water partition coefficient (Wildman–Crippen LogP) is 2.37. The summed E-state index contributed by atoms with van der Waals surface area (Å²) in [7, 11) is -3.95. The number of nitrogens with zero attached hydrogens (tertiary/aromatic N) is 3. The van der Waals surface area contributed by atoms with E-state index < -0.39 is 21.7 Å². The summed E-state index contributed by atoms with van der Waals surface area (Å²) in [6.45, 7) is 1.87. The lowest BCUT2D eigenvalue weighted by molar-refractivity contribution is 0.509. The Morgan fingerprint density at radius 1 is 1.13 bits per heavy atom. The van der Waals surface area contributed by atoms with Crippen LogP contribution in [0.3, 0.4) is 0 Å². The van der Waals surface area contributed by atoms with Gasteiger partial charge in [-0.1, -0.05) is 6.92 Å². The van der Waals surface area contributed by atoms with Crippen molar-refractivity contribution in [2.45, 2.75) is 18.2 Å². The molecule has 0 unspecified atom stereocenters. The van der Waals surface area contributed by atoms with Crippen molar-refractivity contribution in [3.8, 4) is 0 Å². The van der Waals surface area contributed by atoms with Crippen molar-refractivity contribution < 1.29 is 17.2 Å². The van der Waals surface area contributed by atoms with Gasteiger partial charge in [-0.3, -0.25) is 9.12 Å². The van der Waals surface area contributed by atoms with Gasteiger partial charge in [0.1, 0.15) is 10.7 Å². The molecule has 3 rings (SSSR count). The van der Waals surface area contributed by atoms with Gasteiger partial charge < -0.3 is 0 Å². The van der Waals surface area contributed by atoms with Gasteiger partial charge in [0.15, 0.2) is 17.3 Å². The first-order valence-electron chi connectivity index (χ1n) is 6.72. The minimum Gasteiger partial charge on any atom is -0.285 e. The van der Waals surface area contributed by atoms with Gasteiger partial charge in [0.2, 0.25) is 0 Å². The fraction of sp³-hybridized carbons (Fsp3) is 0.143. The van der Waals surface area contributed by atoms with Gasteiger partial charge in [-0.15, -0.1) is 10.2 Å². The first-order chi connectivity index (χ1) is 10.9. The zero-order chi connectivity index (χ0) is 16.6. The molecule has 0 saturated carbocycles. The molecule has 0 aliphatic rings. The zero-order valence-electron chi connectivity index (χ0n) is 12.0. The van der Waals surface area contributed by atoms with Gasteiger partial charge in [-0.05, 0) is 24.3 Å². The third-order valence-corrected chi connectivity index (χ3v) is 4.61. The summed E-state index contributed by atoms with van der Waals surface area (Å²) in [6.07, 6.45) is 1.97. The maximum absolute atomic E-state index is 13.2. The second-order valence-corrected chi connectivity index (χ2v) is 6.48. The molecule has 1 N–H and O–H groups in total. The molecule has 0 saturated heterocycles. The third-order valence-electron chi connectivity index (χ3n) is 3.24. The summed E-state index contributed by atoms with van der Waals surface area (Å²) in [5, 5.41) is 7.87. The van der Waals surface area contributed by atoms with Crippen LogP contribution in [0.4, 0.5) is 14.5 Å². The van der Waals surface area contributed by atoms with Crippen molar-refractivity contribution in [2.24, 2.45) is 0 Å². The number of fused-ring (bicyclic) bond motifs is 1. The molecule has 0 bridgehead atoms. The van der Waals surface area contributed by atoms with E-state index in [1.807, 2.05) is 6.92 Å². The van der Waals surface area contributed by atoms with Crippen molar-refractivity contribution in [1.82, 2.24) is 14.6 Å². The van der Waals surface area contributed by atoms with Gasteiger partial charge in [0.05, 0.1) is 5.69 Å². The van der Waals surface area contributed by atoms with Gasteiger partial charge in [0.25, 0.3) is 10.0 Å². The highest BCUT2D eigenvalue weighted by molar-refractivity contribution is 7.92. The van der Waals surface area contributed by atoms with E-state index in [1.54, 1.807) is 4.40 Å². The maximum atomic E-state index is 13.2. The van der Waals surface area contributed by atoms with Crippen molar-refractivity contribution in [3.05, 3.63) is 54.0 Å². The molecule has 2 heterocycles. The van der Waals surface area contributed by atoms with Crippen LogP contribution in [0.15, 0.2) is 41.4 Å². The Kier molecular flexibility index (Phi) is 3.72. The third kappa shape index (κ3) is 2.87. The Bertz CT molecular complexity index is 986. The molecule has 0 aliphatic carbocycles. The molecule has 120 valence electrons. The number of benzene rings is 1. The lowest BCUT2D eigenvalue weighted by Gasteiger charge is -2.09. The maximum Gasteiger partial charge on any atom is 0.263 e. The number of halogens is 2. The van der Waals surface area contributed by atoms with Crippen molar-refractivity contribution in [3.63, 3.8) is 0 Å². The van der Waals surface area contributed by atoms with Crippen LogP contribution in [0, 0.1) is 11.6 Å². The minimum atomic E-state index is -3.95. The first kappa shape index (κ1) is 15.3. The van der Waals surface area contributed by atoms with Crippen LogP contribution in [0.5, 0.6) is 0 Å². The first-order valence-corrected chi connectivity index (χ1v) is 8.20. The number of aryl methyl sites for hydroxylation is 1. The van der Waals surface area contributed by atoms with Crippen LogP contribution >= 0.6 is 0 Å². The molecule has 0 amide bonds. The van der Waals surface area contributed by atoms with E-state index >= 15 is 0 Å². The van der Waals surface area contributed by atoms with Crippen molar-refractivity contribution >= 4 is 21.4 Å². The highest BCUT2D eigenvalue weighted by Crippen LogP contribution is 2.19. The lowest BCUT2D eigenvalue weighted by atomic mass is 10.3. The number of rotatable bonds is 4. The number of nitrogens with one attached hydrogen (secondary N) is 1. The van der Waals surface area contributed by atoms with E-state index in [-0.39, 0.29) is 10.6 Å². The predicted molar refractivity (Wildman–Crippen MR) is 79.5 cm³/mol. The molecule has 0 fully saturated rings. The van der Waals surface area contributed by atoms with Crippen LogP contribution in [0.25, 0.3) is 5.65 Å². The molecule has 6 nitrogen and oxygen atoms in total. The van der Waals surface area contributed by atoms with Crippen LogP contribution in [-0.2, 0) is 16.4 Å². The summed E-state index contributed by atoms with van der Waals surface area (Å²) < 4.78 is 54.6. The number of sulfonamides is 1. The second-order valence-electron chi connectivity index (χ2n) is 4.80. The summed E-state index contributed by atoms with van der Waals surface area (Å²) in [5.41, 5.74) is 0.456. The normalized spacial score (nSPS) is 11.8. The van der Waals surface area contributed by atoms with Crippen LogP contribution in [0.1, 0.15) is 12.7 Å². The average Bonchev–Trinajstić information content (AvgIpc) is 2.93. The van der Waals surface area contributed by atoms with E-state index in [1.165, 1.54) is 18.3 Å². The Balaban J connectivity index is 2.00. The minimum absolute atomic E-state index is 0.0377. The smallest absolute Gasteiger partial charge is 0.263 e. The summed E-state index contributed by atoms with van der Waals surface area (Å²) >= 11 is 0. The Morgan fingerprint density at radius 3 is 2.61 bits per heavy atom. The average molecular weight is 338 g/mol. The van der Waals surface area contributed by atoms with Gasteiger partial charge in [-0.25, -0.2) is 17.2 Å². The van der Waals surface area contributed by atoms with Crippen molar-refractivity contribution in [1.29, 1.82) is 0 Å². The highest BCUT2D eigenvalue weighted by Gasteiger charge is 2.17. The summed E-state index contributed by atoms with van der Waals surface area (Å²) in [4.78, 5) is -0.0377. The van der Waals surface area contributed by atoms with Gasteiger partial charge in [0, 0.05) is 18.7 Å². The molecule has 2 aromatic heterocycles. The molecular weight excluding hydrogens is 326 g/mol. The Labute approximate surface area is 130 Å². The molecule has 0 atom stereocenters. The van der Waals surface area contributed by atoms with E-state index in [4.69, 9.17) is 0 Å². The molecule has 0 aliphatic heterocycles. The van der Waals surface area contributed by atoms with E-state index in [2.05, 4.69) is 14.9 Å². The standard InChI is InChI=1S/C14H12F2N4O2S/c1-2-13-17-18-14-6-4-10(8-20(13)14)23(21,22)19-9-3-5-11(15)12(16)7-9/h3-8,19H,2H2,1H3. The molecule has 9 heteroatoms. The number of aromatic nitrogens is 3. The monoisotopic (exact) mass is 338 g/mol. The molecule has 1 aromatic carbocycles. The zero-order valence-corrected chi connectivity index (χ0v) is 12.8. The fourth-order valence-electron chi connectivity index (χ4n) is 2.09. The molecule has 0 radical (unpaired) electrons. The van der Waals surface area contributed by atoms with E-state index in [0.717, 1.165) is 18.2 Å². The highest BCUT2D eigenvalue weighted by atomic mass is 32.2. The Morgan fingerprint density at radius 2 is 1.91 bits per heavy atom. The van der Waals surface area contributed by atoms with Crippen molar-refractivity contribution in [2.75, 3.05) is 4.72 Å². The van der Waals surface area contributed by atoms with Gasteiger partial charge in [-0.2, -0.15) is 0 Å². The summed E-state index contributed by atoms with van der Waals surface area (Å²) in [6, 6.07) is 5.66. The van der Waals surface area contributed by atoms with Crippen LogP contribution < -0.4 is 4.72 Å². The molecule has 3 aromatic rings. The summed E-state index contributed by atoms with van der Waals surface area (Å²) in [5.74, 6) is -1.57.